The summed E-state index contributed by atoms with van der Waals surface area (Å²) in [4.78, 5) is 0. The highest BCUT2D eigenvalue weighted by Crippen LogP contribution is 2.23. The van der Waals surface area contributed by atoms with Crippen LogP contribution in [0.3, 0.4) is 0 Å². The smallest absolute Gasteiger partial charge is 0.151 e. The lowest BCUT2D eigenvalue weighted by molar-refractivity contribution is 0.0185. The van der Waals surface area contributed by atoms with E-state index in [2.05, 4.69) is 5.92 Å². The van der Waals surface area contributed by atoms with E-state index in [0.717, 1.165) is 5.56 Å². The van der Waals surface area contributed by atoms with Gasteiger partial charge in [-0.15, -0.1) is 6.42 Å². The monoisotopic (exact) mass is 174 g/mol. The lowest BCUT2D eigenvalue weighted by Crippen LogP contribution is -2.23. The third-order valence-corrected chi connectivity index (χ3v) is 2.03. The van der Waals surface area contributed by atoms with Gasteiger partial charge in [0, 0.05) is 6.61 Å². The standard InChI is InChI=1S/C12H14O/c1-4-12(3,13-5-2)11-9-7-6-8-10-11/h1,6-10H,5H2,2-3H3/t12-/m0/s1. The SMILES string of the molecule is C#C[C@](C)(OCC)c1ccccc1. The Bertz CT molecular complexity index is 297. The van der Waals surface area contributed by atoms with Gasteiger partial charge in [-0.05, 0) is 19.4 Å². The minimum Gasteiger partial charge on any atom is -0.359 e. The van der Waals surface area contributed by atoms with Crippen molar-refractivity contribution < 1.29 is 4.74 Å². The topological polar surface area (TPSA) is 9.23 Å². The summed E-state index contributed by atoms with van der Waals surface area (Å²) in [6, 6.07) is 9.85. The van der Waals surface area contributed by atoms with Gasteiger partial charge in [0.15, 0.2) is 5.60 Å². The van der Waals surface area contributed by atoms with Crippen molar-refractivity contribution in [2.45, 2.75) is 19.4 Å². The van der Waals surface area contributed by atoms with E-state index in [-0.39, 0.29) is 0 Å². The highest BCUT2D eigenvalue weighted by Gasteiger charge is 2.23. The first-order valence-electron chi connectivity index (χ1n) is 4.40. The molecular weight excluding hydrogens is 160 g/mol. The third kappa shape index (κ3) is 2.11. The first-order chi connectivity index (χ1) is 6.23. The van der Waals surface area contributed by atoms with Crippen LogP contribution in [-0.4, -0.2) is 6.61 Å². The lowest BCUT2D eigenvalue weighted by atomic mass is 9.97. The van der Waals surface area contributed by atoms with Crippen molar-refractivity contribution in [3.8, 4) is 12.3 Å². The molecule has 1 nitrogen and oxygen atoms in total. The van der Waals surface area contributed by atoms with E-state index in [9.17, 15) is 0 Å². The molecule has 0 aliphatic heterocycles. The molecule has 1 rings (SSSR count). The van der Waals surface area contributed by atoms with Crippen LogP contribution in [0.2, 0.25) is 0 Å². The van der Waals surface area contributed by atoms with Gasteiger partial charge >= 0.3 is 0 Å². The molecule has 0 aromatic heterocycles. The Kier molecular flexibility index (Phi) is 3.11. The molecule has 0 N–H and O–H groups in total. The normalized spacial score (nSPS) is 14.5. The molecule has 1 aromatic rings. The molecule has 0 aliphatic carbocycles. The summed E-state index contributed by atoms with van der Waals surface area (Å²) >= 11 is 0. The molecule has 0 saturated carbocycles. The van der Waals surface area contributed by atoms with Gasteiger partial charge < -0.3 is 4.74 Å². The van der Waals surface area contributed by atoms with Crippen LogP contribution in [0.5, 0.6) is 0 Å². The van der Waals surface area contributed by atoms with Crippen LogP contribution < -0.4 is 0 Å². The van der Waals surface area contributed by atoms with Gasteiger partial charge in [-0.3, -0.25) is 0 Å². The van der Waals surface area contributed by atoms with E-state index in [1.165, 1.54) is 0 Å². The number of benzene rings is 1. The predicted octanol–water partition coefficient (Wildman–Crippen LogP) is 2.57. The average Bonchev–Trinajstić information content (AvgIpc) is 2.19. The summed E-state index contributed by atoms with van der Waals surface area (Å²) in [5.74, 6) is 2.67. The molecule has 0 aliphatic rings. The minimum atomic E-state index is -0.587. The van der Waals surface area contributed by atoms with E-state index < -0.39 is 5.60 Å². The van der Waals surface area contributed by atoms with Crippen LogP contribution in [-0.2, 0) is 10.3 Å². The maximum atomic E-state index is 5.53. The predicted molar refractivity (Wildman–Crippen MR) is 54.3 cm³/mol. The van der Waals surface area contributed by atoms with E-state index in [4.69, 9.17) is 11.2 Å². The molecule has 0 spiro atoms. The van der Waals surface area contributed by atoms with Crippen molar-refractivity contribution in [3.63, 3.8) is 0 Å². The van der Waals surface area contributed by atoms with Gasteiger partial charge in [0.1, 0.15) is 0 Å². The molecule has 0 fully saturated rings. The lowest BCUT2D eigenvalue weighted by Gasteiger charge is -2.23. The largest absolute Gasteiger partial charge is 0.359 e. The first-order valence-corrected chi connectivity index (χ1v) is 4.40. The number of rotatable bonds is 3. The maximum absolute atomic E-state index is 5.53. The van der Waals surface area contributed by atoms with Crippen LogP contribution in [0.25, 0.3) is 0 Å². The van der Waals surface area contributed by atoms with Crippen molar-refractivity contribution in [2.24, 2.45) is 0 Å². The Labute approximate surface area is 79.7 Å². The van der Waals surface area contributed by atoms with Crippen molar-refractivity contribution in [1.82, 2.24) is 0 Å². The van der Waals surface area contributed by atoms with Gasteiger partial charge in [0.05, 0.1) is 0 Å². The van der Waals surface area contributed by atoms with Gasteiger partial charge in [-0.2, -0.15) is 0 Å². The van der Waals surface area contributed by atoms with Crippen LogP contribution in [0.4, 0.5) is 0 Å². The molecule has 1 heteroatoms. The van der Waals surface area contributed by atoms with E-state index in [1.54, 1.807) is 0 Å². The van der Waals surface area contributed by atoms with Crippen molar-refractivity contribution in [2.75, 3.05) is 6.61 Å². The molecular formula is C12H14O. The second-order valence-corrected chi connectivity index (χ2v) is 2.98. The zero-order valence-electron chi connectivity index (χ0n) is 8.08. The zero-order valence-corrected chi connectivity index (χ0v) is 8.08. The van der Waals surface area contributed by atoms with Crippen LogP contribution >= 0.6 is 0 Å². The van der Waals surface area contributed by atoms with E-state index in [1.807, 2.05) is 44.2 Å². The molecule has 0 bridgehead atoms. The Morgan fingerprint density at radius 2 is 2.00 bits per heavy atom. The van der Waals surface area contributed by atoms with E-state index >= 15 is 0 Å². The summed E-state index contributed by atoms with van der Waals surface area (Å²) in [6.07, 6.45) is 5.45. The highest BCUT2D eigenvalue weighted by molar-refractivity contribution is 5.29. The van der Waals surface area contributed by atoms with Crippen molar-refractivity contribution in [3.05, 3.63) is 35.9 Å². The highest BCUT2D eigenvalue weighted by atomic mass is 16.5. The molecule has 0 radical (unpaired) electrons. The Hall–Kier alpha value is -1.26. The summed E-state index contributed by atoms with van der Waals surface area (Å²) in [5, 5.41) is 0. The van der Waals surface area contributed by atoms with Gasteiger partial charge in [-0.1, -0.05) is 36.3 Å². The average molecular weight is 174 g/mol. The quantitative estimate of drug-likeness (QED) is 0.640. The van der Waals surface area contributed by atoms with Gasteiger partial charge in [-0.25, -0.2) is 0 Å². The number of terminal acetylenes is 1. The number of hydrogen-bond acceptors (Lipinski definition) is 1. The fourth-order valence-electron chi connectivity index (χ4n) is 1.25. The van der Waals surface area contributed by atoms with Crippen molar-refractivity contribution >= 4 is 0 Å². The van der Waals surface area contributed by atoms with Crippen molar-refractivity contribution in [1.29, 1.82) is 0 Å². The zero-order chi connectivity index (χ0) is 9.73. The molecule has 1 atom stereocenters. The Morgan fingerprint density at radius 3 is 2.46 bits per heavy atom. The fourth-order valence-corrected chi connectivity index (χ4v) is 1.25. The number of hydrogen-bond donors (Lipinski definition) is 0. The van der Waals surface area contributed by atoms with Crippen LogP contribution in [0.15, 0.2) is 30.3 Å². The second-order valence-electron chi connectivity index (χ2n) is 2.98. The van der Waals surface area contributed by atoms with Crippen LogP contribution in [0.1, 0.15) is 19.4 Å². The minimum absolute atomic E-state index is 0.587. The molecule has 1 aromatic carbocycles. The summed E-state index contributed by atoms with van der Waals surface area (Å²) in [7, 11) is 0. The number of ether oxygens (including phenoxy) is 1. The van der Waals surface area contributed by atoms with Gasteiger partial charge in [0.2, 0.25) is 0 Å². The second kappa shape index (κ2) is 4.11. The molecule has 0 amide bonds. The molecule has 13 heavy (non-hydrogen) atoms. The Balaban J connectivity index is 2.98. The molecule has 68 valence electrons. The molecule has 0 unspecified atom stereocenters. The summed E-state index contributed by atoms with van der Waals surface area (Å²) in [6.45, 7) is 4.47. The third-order valence-electron chi connectivity index (χ3n) is 2.03. The van der Waals surface area contributed by atoms with E-state index in [0.29, 0.717) is 6.61 Å². The maximum Gasteiger partial charge on any atom is 0.151 e. The fraction of sp³-hybridized carbons (Fsp3) is 0.333. The van der Waals surface area contributed by atoms with Crippen LogP contribution in [0, 0.1) is 12.3 Å². The first kappa shape index (κ1) is 9.83. The molecule has 0 heterocycles. The summed E-state index contributed by atoms with van der Waals surface area (Å²) in [5.41, 5.74) is 0.440. The Morgan fingerprint density at radius 1 is 1.38 bits per heavy atom. The summed E-state index contributed by atoms with van der Waals surface area (Å²) < 4.78 is 5.53. The molecule has 0 saturated heterocycles. The van der Waals surface area contributed by atoms with Gasteiger partial charge in [0.25, 0.3) is 0 Å².